The maximum atomic E-state index is 6.00. The SMILES string of the molecule is Nc1cc(Br)ccc1Oc1ccc(Cl)cc1Cl. The third-order valence-electron chi connectivity index (χ3n) is 2.09. The molecule has 0 bridgehead atoms. The van der Waals surface area contributed by atoms with Gasteiger partial charge in [0.15, 0.2) is 0 Å². The molecular weight excluding hydrogens is 325 g/mol. The second-order valence-corrected chi connectivity index (χ2v) is 5.12. The van der Waals surface area contributed by atoms with Crippen molar-refractivity contribution in [3.8, 4) is 11.5 Å². The Morgan fingerprint density at radius 1 is 1.00 bits per heavy atom. The van der Waals surface area contributed by atoms with Gasteiger partial charge < -0.3 is 10.5 Å². The van der Waals surface area contributed by atoms with E-state index in [1.807, 2.05) is 6.07 Å². The Bertz CT molecular complexity index is 511. The molecule has 2 nitrogen and oxygen atoms in total. The molecule has 2 N–H and O–H groups in total. The van der Waals surface area contributed by atoms with Crippen LogP contribution in [0, 0.1) is 0 Å². The van der Waals surface area contributed by atoms with Crippen molar-refractivity contribution in [3.63, 3.8) is 0 Å². The number of nitrogens with two attached hydrogens (primary N) is 1. The molecule has 0 atom stereocenters. The third kappa shape index (κ3) is 3.06. The normalized spacial score (nSPS) is 10.3. The Labute approximate surface area is 117 Å². The zero-order valence-electron chi connectivity index (χ0n) is 8.58. The monoisotopic (exact) mass is 331 g/mol. The summed E-state index contributed by atoms with van der Waals surface area (Å²) in [6, 6.07) is 10.4. The van der Waals surface area contributed by atoms with Gasteiger partial charge in [0.25, 0.3) is 0 Å². The van der Waals surface area contributed by atoms with Gasteiger partial charge >= 0.3 is 0 Å². The highest BCUT2D eigenvalue weighted by Gasteiger charge is 2.06. The fraction of sp³-hybridized carbons (Fsp3) is 0. The van der Waals surface area contributed by atoms with Crippen LogP contribution in [0.15, 0.2) is 40.9 Å². The molecule has 0 radical (unpaired) electrons. The van der Waals surface area contributed by atoms with Crippen molar-refractivity contribution >= 4 is 44.8 Å². The second kappa shape index (κ2) is 5.17. The van der Waals surface area contributed by atoms with E-state index < -0.39 is 0 Å². The summed E-state index contributed by atoms with van der Waals surface area (Å²) in [6.07, 6.45) is 0. The number of rotatable bonds is 2. The van der Waals surface area contributed by atoms with Gasteiger partial charge in [0.1, 0.15) is 11.5 Å². The van der Waals surface area contributed by atoms with Crippen LogP contribution in [0.4, 0.5) is 5.69 Å². The molecule has 0 aliphatic carbocycles. The second-order valence-electron chi connectivity index (χ2n) is 3.36. The Morgan fingerprint density at radius 2 is 1.71 bits per heavy atom. The van der Waals surface area contributed by atoms with Crippen molar-refractivity contribution < 1.29 is 4.74 Å². The van der Waals surface area contributed by atoms with Crippen LogP contribution in [0.5, 0.6) is 11.5 Å². The summed E-state index contributed by atoms with van der Waals surface area (Å²) in [4.78, 5) is 0. The largest absolute Gasteiger partial charge is 0.454 e. The van der Waals surface area contributed by atoms with Crippen LogP contribution >= 0.6 is 39.1 Å². The number of benzene rings is 2. The molecule has 0 unspecified atom stereocenters. The summed E-state index contributed by atoms with van der Waals surface area (Å²) in [6.45, 7) is 0. The zero-order chi connectivity index (χ0) is 12.4. The quantitative estimate of drug-likeness (QED) is 0.773. The van der Waals surface area contributed by atoms with E-state index in [0.717, 1.165) is 4.47 Å². The van der Waals surface area contributed by atoms with Gasteiger partial charge in [0.2, 0.25) is 0 Å². The van der Waals surface area contributed by atoms with Crippen molar-refractivity contribution in [1.82, 2.24) is 0 Å². The van der Waals surface area contributed by atoms with Gasteiger partial charge in [-0.3, -0.25) is 0 Å². The molecule has 0 amide bonds. The molecule has 5 heteroatoms. The molecule has 2 aromatic rings. The fourth-order valence-corrected chi connectivity index (χ4v) is 2.11. The maximum absolute atomic E-state index is 6.00. The summed E-state index contributed by atoms with van der Waals surface area (Å²) >= 11 is 15.1. The fourth-order valence-electron chi connectivity index (χ4n) is 1.29. The molecule has 0 aliphatic heterocycles. The Hall–Kier alpha value is -0.900. The molecule has 0 saturated heterocycles. The molecule has 88 valence electrons. The summed E-state index contributed by atoms with van der Waals surface area (Å²) in [5.41, 5.74) is 6.36. The standard InChI is InChI=1S/C12H8BrCl2NO/c13-7-1-3-12(10(16)5-7)17-11-4-2-8(14)6-9(11)15/h1-6H,16H2. The predicted molar refractivity (Wildman–Crippen MR) is 75.1 cm³/mol. The lowest BCUT2D eigenvalue weighted by Crippen LogP contribution is -1.92. The smallest absolute Gasteiger partial charge is 0.150 e. The topological polar surface area (TPSA) is 35.2 Å². The Balaban J connectivity index is 2.31. The van der Waals surface area contributed by atoms with Gasteiger partial charge in [-0.25, -0.2) is 0 Å². The first kappa shape index (κ1) is 12.6. The molecule has 2 aromatic carbocycles. The van der Waals surface area contributed by atoms with Crippen molar-refractivity contribution in [2.75, 3.05) is 5.73 Å². The van der Waals surface area contributed by atoms with E-state index in [4.69, 9.17) is 33.7 Å². The lowest BCUT2D eigenvalue weighted by atomic mass is 10.3. The van der Waals surface area contributed by atoms with Gasteiger partial charge in [-0.05, 0) is 36.4 Å². The summed E-state index contributed by atoms with van der Waals surface area (Å²) in [5, 5.41) is 1.01. The first-order valence-electron chi connectivity index (χ1n) is 4.74. The van der Waals surface area contributed by atoms with Gasteiger partial charge in [0.05, 0.1) is 10.7 Å². The molecular formula is C12H8BrCl2NO. The summed E-state index contributed by atoms with van der Waals surface area (Å²) < 4.78 is 6.51. The molecule has 17 heavy (non-hydrogen) atoms. The average molecular weight is 333 g/mol. The van der Waals surface area contributed by atoms with Gasteiger partial charge in [-0.2, -0.15) is 0 Å². The van der Waals surface area contributed by atoms with Crippen molar-refractivity contribution in [1.29, 1.82) is 0 Å². The Kier molecular flexibility index (Phi) is 3.82. The van der Waals surface area contributed by atoms with Gasteiger partial charge in [-0.15, -0.1) is 0 Å². The summed E-state index contributed by atoms with van der Waals surface area (Å²) in [5.74, 6) is 1.07. The first-order chi connectivity index (χ1) is 8.06. The van der Waals surface area contributed by atoms with Crippen LogP contribution in [0.2, 0.25) is 10.0 Å². The highest BCUT2D eigenvalue weighted by molar-refractivity contribution is 9.10. The minimum Gasteiger partial charge on any atom is -0.454 e. The molecule has 2 rings (SSSR count). The minimum absolute atomic E-state index is 0.444. The lowest BCUT2D eigenvalue weighted by Gasteiger charge is -2.10. The molecule has 0 heterocycles. The van der Waals surface area contributed by atoms with Crippen molar-refractivity contribution in [3.05, 3.63) is 50.9 Å². The van der Waals surface area contributed by atoms with Crippen LogP contribution in [0.1, 0.15) is 0 Å². The maximum Gasteiger partial charge on any atom is 0.150 e. The highest BCUT2D eigenvalue weighted by atomic mass is 79.9. The lowest BCUT2D eigenvalue weighted by molar-refractivity contribution is 0.485. The molecule has 0 aromatic heterocycles. The number of halogens is 3. The predicted octanol–water partition coefficient (Wildman–Crippen LogP) is 5.13. The molecule has 0 spiro atoms. The van der Waals surface area contributed by atoms with E-state index in [1.54, 1.807) is 30.3 Å². The van der Waals surface area contributed by atoms with Crippen molar-refractivity contribution in [2.45, 2.75) is 0 Å². The van der Waals surface area contributed by atoms with Gasteiger partial charge in [-0.1, -0.05) is 39.1 Å². The number of anilines is 1. The van der Waals surface area contributed by atoms with Crippen LogP contribution in [-0.4, -0.2) is 0 Å². The third-order valence-corrected chi connectivity index (χ3v) is 3.11. The Morgan fingerprint density at radius 3 is 2.35 bits per heavy atom. The van der Waals surface area contributed by atoms with Crippen molar-refractivity contribution in [2.24, 2.45) is 0 Å². The van der Waals surface area contributed by atoms with Crippen LogP contribution < -0.4 is 10.5 Å². The van der Waals surface area contributed by atoms with E-state index in [1.165, 1.54) is 0 Å². The highest BCUT2D eigenvalue weighted by Crippen LogP contribution is 2.34. The van der Waals surface area contributed by atoms with Gasteiger partial charge in [0, 0.05) is 9.50 Å². The summed E-state index contributed by atoms with van der Waals surface area (Å²) in [7, 11) is 0. The van der Waals surface area contributed by atoms with Crippen LogP contribution in [-0.2, 0) is 0 Å². The average Bonchev–Trinajstić information content (AvgIpc) is 2.25. The molecule has 0 aliphatic rings. The number of hydrogen-bond donors (Lipinski definition) is 1. The molecule has 0 saturated carbocycles. The number of ether oxygens (including phenoxy) is 1. The van der Waals surface area contributed by atoms with E-state index in [9.17, 15) is 0 Å². The van der Waals surface area contributed by atoms with Crippen LogP contribution in [0.3, 0.4) is 0 Å². The van der Waals surface area contributed by atoms with E-state index in [0.29, 0.717) is 27.2 Å². The first-order valence-corrected chi connectivity index (χ1v) is 6.29. The number of hydrogen-bond acceptors (Lipinski definition) is 2. The zero-order valence-corrected chi connectivity index (χ0v) is 11.7. The van der Waals surface area contributed by atoms with Crippen LogP contribution in [0.25, 0.3) is 0 Å². The van der Waals surface area contributed by atoms with E-state index in [2.05, 4.69) is 15.9 Å². The molecule has 0 fully saturated rings. The van der Waals surface area contributed by atoms with E-state index in [-0.39, 0.29) is 0 Å². The minimum atomic E-state index is 0.444. The number of nitrogen functional groups attached to an aromatic ring is 1. The van der Waals surface area contributed by atoms with E-state index >= 15 is 0 Å².